The molecule has 1 aromatic carbocycles. The van der Waals surface area contributed by atoms with Crippen molar-refractivity contribution in [2.75, 3.05) is 20.1 Å². The Labute approximate surface area is 142 Å². The first-order valence-electron chi connectivity index (χ1n) is 8.70. The normalized spacial score (nSPS) is 19.5. The summed E-state index contributed by atoms with van der Waals surface area (Å²) in [5.41, 5.74) is 1.64. The van der Waals surface area contributed by atoms with Gasteiger partial charge in [-0.05, 0) is 36.8 Å². The predicted octanol–water partition coefficient (Wildman–Crippen LogP) is 2.22. The van der Waals surface area contributed by atoms with Crippen LogP contribution in [0.5, 0.6) is 0 Å². The van der Waals surface area contributed by atoms with Crippen molar-refractivity contribution in [1.29, 1.82) is 0 Å². The Bertz CT molecular complexity index is 716. The Morgan fingerprint density at radius 3 is 2.75 bits per heavy atom. The fourth-order valence-corrected chi connectivity index (χ4v) is 3.87. The standard InChI is InChI=1S/C18H24N6/c1-19-17(23-11-10-18(13-23)8-5-9-18)20-12-16-22-21-14-24(16)15-6-3-2-4-7-15/h2-4,6-7,14H,5,8-13H2,1H3,(H,19,20). The highest BCUT2D eigenvalue weighted by molar-refractivity contribution is 5.80. The summed E-state index contributed by atoms with van der Waals surface area (Å²) in [5.74, 6) is 1.86. The van der Waals surface area contributed by atoms with E-state index in [1.165, 1.54) is 25.7 Å². The van der Waals surface area contributed by atoms with Gasteiger partial charge in [0.15, 0.2) is 11.8 Å². The topological polar surface area (TPSA) is 58.3 Å². The van der Waals surface area contributed by atoms with Crippen molar-refractivity contribution < 1.29 is 0 Å². The highest BCUT2D eigenvalue weighted by Gasteiger charge is 2.43. The molecule has 2 fully saturated rings. The SMILES string of the molecule is CN=C(NCc1nncn1-c1ccccc1)N1CCC2(CCC2)C1. The van der Waals surface area contributed by atoms with Crippen LogP contribution in [0.15, 0.2) is 41.7 Å². The molecule has 24 heavy (non-hydrogen) atoms. The molecule has 2 heterocycles. The second-order valence-corrected chi connectivity index (χ2v) is 6.88. The van der Waals surface area contributed by atoms with Gasteiger partial charge in [-0.1, -0.05) is 24.6 Å². The van der Waals surface area contributed by atoms with E-state index in [2.05, 4.69) is 37.5 Å². The number of nitrogens with one attached hydrogen (secondary N) is 1. The minimum atomic E-state index is 0.571. The molecule has 0 amide bonds. The van der Waals surface area contributed by atoms with Crippen LogP contribution in [-0.2, 0) is 6.54 Å². The average Bonchev–Trinajstić information content (AvgIpc) is 3.23. The Hall–Kier alpha value is -2.37. The molecule has 0 bridgehead atoms. The van der Waals surface area contributed by atoms with Gasteiger partial charge in [-0.15, -0.1) is 10.2 Å². The number of nitrogens with zero attached hydrogens (tertiary/aromatic N) is 5. The molecule has 1 aromatic heterocycles. The fourth-order valence-electron chi connectivity index (χ4n) is 3.87. The first-order chi connectivity index (χ1) is 11.8. The van der Waals surface area contributed by atoms with E-state index >= 15 is 0 Å². The van der Waals surface area contributed by atoms with Crippen molar-refractivity contribution >= 4 is 5.96 Å². The van der Waals surface area contributed by atoms with Gasteiger partial charge >= 0.3 is 0 Å². The minimum Gasteiger partial charge on any atom is -0.349 e. The molecule has 2 aliphatic rings. The fraction of sp³-hybridized carbons (Fsp3) is 0.500. The van der Waals surface area contributed by atoms with Crippen LogP contribution in [0.4, 0.5) is 0 Å². The van der Waals surface area contributed by atoms with Crippen LogP contribution in [-0.4, -0.2) is 45.8 Å². The third-order valence-corrected chi connectivity index (χ3v) is 5.42. The largest absolute Gasteiger partial charge is 0.349 e. The number of hydrogen-bond acceptors (Lipinski definition) is 3. The number of aliphatic imine (C=N–C) groups is 1. The lowest BCUT2D eigenvalue weighted by Crippen LogP contribution is -2.42. The van der Waals surface area contributed by atoms with Crippen molar-refractivity contribution in [1.82, 2.24) is 25.0 Å². The van der Waals surface area contributed by atoms with Gasteiger partial charge in [0.2, 0.25) is 0 Å². The number of likely N-dealkylation sites (tertiary alicyclic amines) is 1. The van der Waals surface area contributed by atoms with Crippen LogP contribution < -0.4 is 5.32 Å². The summed E-state index contributed by atoms with van der Waals surface area (Å²) in [6.45, 7) is 2.86. The first-order valence-corrected chi connectivity index (χ1v) is 8.70. The zero-order valence-corrected chi connectivity index (χ0v) is 14.1. The molecule has 1 aliphatic heterocycles. The maximum absolute atomic E-state index is 4.47. The molecule has 6 nitrogen and oxygen atoms in total. The summed E-state index contributed by atoms with van der Waals surface area (Å²) in [7, 11) is 1.86. The van der Waals surface area contributed by atoms with Crippen LogP contribution in [0.25, 0.3) is 5.69 Å². The van der Waals surface area contributed by atoms with Crippen LogP contribution in [0.1, 0.15) is 31.5 Å². The first kappa shape index (κ1) is 15.2. The van der Waals surface area contributed by atoms with E-state index in [-0.39, 0.29) is 0 Å². The molecule has 4 rings (SSSR count). The number of para-hydroxylation sites is 1. The van der Waals surface area contributed by atoms with Crippen LogP contribution in [0.3, 0.4) is 0 Å². The number of rotatable bonds is 3. The van der Waals surface area contributed by atoms with Crippen LogP contribution in [0.2, 0.25) is 0 Å². The lowest BCUT2D eigenvalue weighted by molar-refractivity contribution is 0.151. The second-order valence-electron chi connectivity index (χ2n) is 6.88. The van der Waals surface area contributed by atoms with E-state index in [1.807, 2.05) is 29.8 Å². The lowest BCUT2D eigenvalue weighted by atomic mass is 9.68. The average molecular weight is 324 g/mol. The molecule has 1 saturated carbocycles. The quantitative estimate of drug-likeness (QED) is 0.695. The highest BCUT2D eigenvalue weighted by Crippen LogP contribution is 2.47. The zero-order chi connectivity index (χ0) is 16.4. The molecule has 126 valence electrons. The van der Waals surface area contributed by atoms with Gasteiger partial charge < -0.3 is 10.2 Å². The molecule has 1 saturated heterocycles. The monoisotopic (exact) mass is 324 g/mol. The molecule has 1 spiro atoms. The summed E-state index contributed by atoms with van der Waals surface area (Å²) in [4.78, 5) is 6.86. The molecule has 0 unspecified atom stereocenters. The summed E-state index contributed by atoms with van der Waals surface area (Å²) < 4.78 is 2.01. The molecule has 2 aromatic rings. The molecule has 1 N–H and O–H groups in total. The van der Waals surface area contributed by atoms with Gasteiger partial charge in [-0.25, -0.2) is 0 Å². The number of aromatic nitrogens is 3. The van der Waals surface area contributed by atoms with Crippen LogP contribution in [0, 0.1) is 5.41 Å². The summed E-state index contributed by atoms with van der Waals surface area (Å²) in [6.07, 6.45) is 7.20. The van der Waals surface area contributed by atoms with Crippen LogP contribution >= 0.6 is 0 Å². The maximum Gasteiger partial charge on any atom is 0.194 e. The summed E-state index contributed by atoms with van der Waals surface area (Å²) in [6, 6.07) is 10.2. The van der Waals surface area contributed by atoms with E-state index in [1.54, 1.807) is 6.33 Å². The maximum atomic E-state index is 4.47. The molecule has 0 radical (unpaired) electrons. The summed E-state index contributed by atoms with van der Waals surface area (Å²) >= 11 is 0. The second kappa shape index (κ2) is 6.26. The minimum absolute atomic E-state index is 0.571. The van der Waals surface area contributed by atoms with E-state index in [4.69, 9.17) is 0 Å². The van der Waals surface area contributed by atoms with Crippen molar-refractivity contribution in [3.63, 3.8) is 0 Å². The third kappa shape index (κ3) is 2.77. The van der Waals surface area contributed by atoms with Gasteiger partial charge in [-0.3, -0.25) is 9.56 Å². The molecule has 0 atom stereocenters. The predicted molar refractivity (Wildman–Crippen MR) is 94.0 cm³/mol. The van der Waals surface area contributed by atoms with Crippen molar-refractivity contribution in [3.8, 4) is 5.69 Å². The van der Waals surface area contributed by atoms with E-state index in [0.29, 0.717) is 12.0 Å². The van der Waals surface area contributed by atoms with Gasteiger partial charge in [0.05, 0.1) is 6.54 Å². The van der Waals surface area contributed by atoms with E-state index < -0.39 is 0 Å². The van der Waals surface area contributed by atoms with Gasteiger partial charge in [0.25, 0.3) is 0 Å². The summed E-state index contributed by atoms with van der Waals surface area (Å²) in [5, 5.41) is 11.8. The van der Waals surface area contributed by atoms with Gasteiger partial charge in [0, 0.05) is 25.8 Å². The lowest BCUT2D eigenvalue weighted by Gasteiger charge is -2.38. The molecule has 6 heteroatoms. The number of benzene rings is 1. The van der Waals surface area contributed by atoms with Crippen molar-refractivity contribution in [2.45, 2.75) is 32.2 Å². The molecular formula is C18H24N6. The molecule has 1 aliphatic carbocycles. The zero-order valence-electron chi connectivity index (χ0n) is 14.1. The van der Waals surface area contributed by atoms with Gasteiger partial charge in [-0.2, -0.15) is 0 Å². The van der Waals surface area contributed by atoms with Gasteiger partial charge in [0.1, 0.15) is 6.33 Å². The van der Waals surface area contributed by atoms with Crippen molar-refractivity contribution in [3.05, 3.63) is 42.5 Å². The number of guanidine groups is 1. The number of hydrogen-bond donors (Lipinski definition) is 1. The Kier molecular flexibility index (Phi) is 3.96. The smallest absolute Gasteiger partial charge is 0.194 e. The van der Waals surface area contributed by atoms with Crippen molar-refractivity contribution in [2.24, 2.45) is 10.4 Å². The Morgan fingerprint density at radius 1 is 1.25 bits per heavy atom. The van der Waals surface area contributed by atoms with E-state index in [0.717, 1.165) is 30.6 Å². The third-order valence-electron chi connectivity index (χ3n) is 5.42. The Morgan fingerprint density at radius 2 is 2.08 bits per heavy atom. The van der Waals surface area contributed by atoms with E-state index in [9.17, 15) is 0 Å². The highest BCUT2D eigenvalue weighted by atomic mass is 15.3. The molecular weight excluding hydrogens is 300 g/mol. The Balaban J connectivity index is 1.42.